The van der Waals surface area contributed by atoms with Crippen LogP contribution < -0.4 is 11.1 Å². The molecule has 0 bridgehead atoms. The van der Waals surface area contributed by atoms with Crippen LogP contribution in [0.15, 0.2) is 71.3 Å². The zero-order chi connectivity index (χ0) is 21.1. The van der Waals surface area contributed by atoms with Crippen LogP contribution in [0.1, 0.15) is 37.4 Å². The quantitative estimate of drug-likeness (QED) is 0.635. The number of carbonyl (C=O) groups excluding carboxylic acids is 3. The summed E-state index contributed by atoms with van der Waals surface area (Å²) >= 11 is 1.54. The smallest absolute Gasteiger partial charge is 0.255 e. The number of thioether (sulfide) groups is 1. The van der Waals surface area contributed by atoms with Crippen molar-refractivity contribution < 1.29 is 18.8 Å². The predicted octanol–water partition coefficient (Wildman–Crippen LogP) is 3.41. The second-order valence-electron chi connectivity index (χ2n) is 6.75. The molecule has 3 amide bonds. The first-order valence-electron chi connectivity index (χ1n) is 9.26. The summed E-state index contributed by atoms with van der Waals surface area (Å²) in [5, 5.41) is 2.58. The minimum Gasteiger partial charge on any atom is -0.467 e. The Hall–Kier alpha value is -3.52. The van der Waals surface area contributed by atoms with E-state index >= 15 is 0 Å². The lowest BCUT2D eigenvalue weighted by molar-refractivity contribution is -0.128. The first-order valence-corrected chi connectivity index (χ1v) is 10.3. The number of carbonyl (C=O) groups is 3. The molecule has 1 atom stereocenters. The Labute approximate surface area is 177 Å². The number of nitrogens with two attached hydrogens (primary N) is 1. The molecule has 7 nitrogen and oxygen atoms in total. The van der Waals surface area contributed by atoms with Gasteiger partial charge in [0.05, 0.1) is 29.8 Å². The summed E-state index contributed by atoms with van der Waals surface area (Å²) in [5.41, 5.74) is 7.33. The highest BCUT2D eigenvalue weighted by atomic mass is 32.2. The number of benzene rings is 2. The van der Waals surface area contributed by atoms with Crippen LogP contribution in [-0.2, 0) is 11.3 Å². The van der Waals surface area contributed by atoms with Gasteiger partial charge in [-0.25, -0.2) is 0 Å². The summed E-state index contributed by atoms with van der Waals surface area (Å²) in [7, 11) is 0. The molecule has 0 unspecified atom stereocenters. The fourth-order valence-electron chi connectivity index (χ4n) is 3.27. The Bertz CT molecular complexity index is 1080. The van der Waals surface area contributed by atoms with E-state index in [0.29, 0.717) is 23.5 Å². The molecule has 30 heavy (non-hydrogen) atoms. The highest BCUT2D eigenvalue weighted by Gasteiger charge is 2.33. The van der Waals surface area contributed by atoms with E-state index in [2.05, 4.69) is 5.32 Å². The van der Waals surface area contributed by atoms with Crippen LogP contribution in [0, 0.1) is 0 Å². The van der Waals surface area contributed by atoms with Gasteiger partial charge < -0.3 is 20.4 Å². The Kier molecular flexibility index (Phi) is 5.58. The van der Waals surface area contributed by atoms with Crippen LogP contribution >= 0.6 is 11.8 Å². The lowest BCUT2D eigenvalue weighted by atomic mass is 10.1. The van der Waals surface area contributed by atoms with Crippen molar-refractivity contribution in [2.45, 2.75) is 11.9 Å². The van der Waals surface area contributed by atoms with E-state index in [0.717, 1.165) is 11.3 Å². The molecule has 3 N–H and O–H groups in total. The fraction of sp³-hybridized carbons (Fsp3) is 0.136. The predicted molar refractivity (Wildman–Crippen MR) is 114 cm³/mol. The molecule has 0 radical (unpaired) electrons. The van der Waals surface area contributed by atoms with Gasteiger partial charge in [0.2, 0.25) is 5.91 Å². The highest BCUT2D eigenvalue weighted by molar-refractivity contribution is 8.00. The normalized spacial score (nSPS) is 15.9. The summed E-state index contributed by atoms with van der Waals surface area (Å²) in [6, 6.07) is 17.3. The van der Waals surface area contributed by atoms with E-state index < -0.39 is 5.91 Å². The van der Waals surface area contributed by atoms with E-state index in [1.807, 2.05) is 18.2 Å². The second-order valence-corrected chi connectivity index (χ2v) is 7.82. The second kappa shape index (κ2) is 8.46. The van der Waals surface area contributed by atoms with Gasteiger partial charge in [0.25, 0.3) is 11.8 Å². The monoisotopic (exact) mass is 421 g/mol. The molecule has 0 saturated carbocycles. The minimum absolute atomic E-state index is 0.0475. The van der Waals surface area contributed by atoms with Gasteiger partial charge >= 0.3 is 0 Å². The van der Waals surface area contributed by atoms with Crippen molar-refractivity contribution in [2.24, 2.45) is 5.73 Å². The molecule has 1 saturated heterocycles. The molecular weight excluding hydrogens is 402 g/mol. The number of furan rings is 1. The van der Waals surface area contributed by atoms with Crippen LogP contribution in [0.5, 0.6) is 0 Å². The lowest BCUT2D eigenvalue weighted by Crippen LogP contribution is -2.27. The van der Waals surface area contributed by atoms with Crippen molar-refractivity contribution in [3.63, 3.8) is 0 Å². The molecule has 1 aliphatic rings. The average Bonchev–Trinajstić information content (AvgIpc) is 3.39. The van der Waals surface area contributed by atoms with Gasteiger partial charge in [-0.1, -0.05) is 24.3 Å². The van der Waals surface area contributed by atoms with Crippen molar-refractivity contribution in [1.29, 1.82) is 0 Å². The van der Waals surface area contributed by atoms with Gasteiger partial charge in [0.15, 0.2) is 0 Å². The molecule has 4 rings (SSSR count). The summed E-state index contributed by atoms with van der Waals surface area (Å²) in [6.07, 6.45) is 1.59. The number of nitrogens with one attached hydrogen (secondary N) is 1. The molecule has 1 aliphatic heterocycles. The van der Waals surface area contributed by atoms with Gasteiger partial charge in [0.1, 0.15) is 11.1 Å². The van der Waals surface area contributed by atoms with Gasteiger partial charge in [-0.3, -0.25) is 14.4 Å². The first kappa shape index (κ1) is 19.8. The molecular formula is C22H19N3O4S. The van der Waals surface area contributed by atoms with Crippen molar-refractivity contribution >= 4 is 35.2 Å². The Morgan fingerprint density at radius 2 is 1.87 bits per heavy atom. The third-order valence-corrected chi connectivity index (χ3v) is 6.03. The maximum absolute atomic E-state index is 12.6. The number of primary amides is 1. The van der Waals surface area contributed by atoms with E-state index in [1.165, 1.54) is 11.8 Å². The summed E-state index contributed by atoms with van der Waals surface area (Å²) in [6.45, 7) is 0.398. The number of hydrogen-bond acceptors (Lipinski definition) is 5. The molecule has 0 aliphatic carbocycles. The van der Waals surface area contributed by atoms with E-state index in [1.54, 1.807) is 53.6 Å². The van der Waals surface area contributed by atoms with Gasteiger partial charge in [-0.15, -0.1) is 11.8 Å². The Balaban J connectivity index is 1.49. The summed E-state index contributed by atoms with van der Waals surface area (Å²) in [5.74, 6) is 0.210. The highest BCUT2D eigenvalue weighted by Crippen LogP contribution is 2.39. The van der Waals surface area contributed by atoms with E-state index in [4.69, 9.17) is 10.2 Å². The standard InChI is InChI=1S/C22H19N3O4S/c23-20(27)17-5-1-2-6-18(17)24-21(28)14-7-9-15(10-8-14)22-25(19(26)13-30-22)12-16-4-3-11-29-16/h1-11,22H,12-13H2,(H2,23,27)(H,24,28)/t22-/m0/s1. The molecule has 0 spiro atoms. The van der Waals surface area contributed by atoms with Crippen molar-refractivity contribution in [2.75, 3.05) is 11.1 Å². The van der Waals surface area contributed by atoms with Crippen molar-refractivity contribution in [1.82, 2.24) is 4.90 Å². The topological polar surface area (TPSA) is 106 Å². The van der Waals surface area contributed by atoms with Crippen LogP contribution in [0.3, 0.4) is 0 Å². The Morgan fingerprint density at radius 3 is 2.57 bits per heavy atom. The molecule has 2 aromatic carbocycles. The number of hydrogen-bond donors (Lipinski definition) is 2. The van der Waals surface area contributed by atoms with Gasteiger partial charge in [-0.2, -0.15) is 0 Å². The lowest BCUT2D eigenvalue weighted by Gasteiger charge is -2.23. The molecule has 2 heterocycles. The molecule has 3 aromatic rings. The van der Waals surface area contributed by atoms with Crippen LogP contribution in [0.25, 0.3) is 0 Å². The molecule has 1 fully saturated rings. The zero-order valence-corrected chi connectivity index (χ0v) is 16.7. The number of anilines is 1. The number of nitrogens with zero attached hydrogens (tertiary/aromatic N) is 1. The van der Waals surface area contributed by atoms with Crippen molar-refractivity contribution in [3.05, 3.63) is 89.4 Å². The third-order valence-electron chi connectivity index (χ3n) is 4.77. The minimum atomic E-state index is -0.610. The van der Waals surface area contributed by atoms with Crippen LogP contribution in [0.2, 0.25) is 0 Å². The average molecular weight is 421 g/mol. The largest absolute Gasteiger partial charge is 0.467 e. The molecule has 1 aromatic heterocycles. The van der Waals surface area contributed by atoms with Crippen LogP contribution in [0.4, 0.5) is 5.69 Å². The number of para-hydroxylation sites is 1. The fourth-order valence-corrected chi connectivity index (χ4v) is 4.46. The Morgan fingerprint density at radius 1 is 1.10 bits per heavy atom. The van der Waals surface area contributed by atoms with Crippen molar-refractivity contribution in [3.8, 4) is 0 Å². The zero-order valence-electron chi connectivity index (χ0n) is 15.9. The number of rotatable bonds is 6. The van der Waals surface area contributed by atoms with E-state index in [9.17, 15) is 14.4 Å². The molecule has 8 heteroatoms. The van der Waals surface area contributed by atoms with Gasteiger partial charge in [-0.05, 0) is 42.0 Å². The van der Waals surface area contributed by atoms with Crippen LogP contribution in [-0.4, -0.2) is 28.4 Å². The first-order chi connectivity index (χ1) is 14.5. The van der Waals surface area contributed by atoms with Gasteiger partial charge in [0, 0.05) is 5.56 Å². The maximum atomic E-state index is 12.6. The van der Waals surface area contributed by atoms with E-state index in [-0.39, 0.29) is 22.8 Å². The third kappa shape index (κ3) is 4.08. The number of amides is 3. The summed E-state index contributed by atoms with van der Waals surface area (Å²) in [4.78, 5) is 38.2. The molecule has 152 valence electrons. The SMILES string of the molecule is NC(=O)c1ccccc1NC(=O)c1ccc([C@@H]2SCC(=O)N2Cc2ccco2)cc1. The maximum Gasteiger partial charge on any atom is 0.255 e. The summed E-state index contributed by atoms with van der Waals surface area (Å²) < 4.78 is 5.37.